The van der Waals surface area contributed by atoms with Crippen molar-refractivity contribution in [3.05, 3.63) is 34.3 Å². The van der Waals surface area contributed by atoms with Crippen molar-refractivity contribution in [2.75, 3.05) is 10.7 Å². The highest BCUT2D eigenvalue weighted by molar-refractivity contribution is 7.10. The summed E-state index contributed by atoms with van der Waals surface area (Å²) in [5.41, 5.74) is 2.53. The molecule has 2 aromatic rings. The van der Waals surface area contributed by atoms with Gasteiger partial charge < -0.3 is 10.7 Å². The summed E-state index contributed by atoms with van der Waals surface area (Å²) in [6.07, 6.45) is 0. The number of rotatable bonds is 4. The average Bonchev–Trinajstić information content (AvgIpc) is 2.81. The summed E-state index contributed by atoms with van der Waals surface area (Å²) in [6.45, 7) is 3.93. The van der Waals surface area contributed by atoms with Crippen LogP contribution in [0.1, 0.15) is 23.7 Å². The van der Waals surface area contributed by atoms with Crippen LogP contribution in [0, 0.1) is 6.92 Å². The Labute approximate surface area is 104 Å². The Morgan fingerprint density at radius 1 is 1.35 bits per heavy atom. The van der Waals surface area contributed by atoms with Crippen molar-refractivity contribution in [3.63, 3.8) is 0 Å². The van der Waals surface area contributed by atoms with E-state index in [1.165, 1.54) is 4.88 Å². The molecular formula is C11H15N5S. The maximum atomic E-state index is 5.35. The van der Waals surface area contributed by atoms with E-state index in [1.54, 1.807) is 17.4 Å². The maximum Gasteiger partial charge on any atom is 0.145 e. The van der Waals surface area contributed by atoms with Gasteiger partial charge in [-0.25, -0.2) is 15.8 Å². The highest BCUT2D eigenvalue weighted by Gasteiger charge is 2.08. The number of aryl methyl sites for hydroxylation is 1. The number of hydrogen-bond acceptors (Lipinski definition) is 6. The number of nitrogens with one attached hydrogen (secondary N) is 2. The molecule has 0 radical (unpaired) electrons. The van der Waals surface area contributed by atoms with Crippen LogP contribution in [0.3, 0.4) is 0 Å². The van der Waals surface area contributed by atoms with Gasteiger partial charge in [-0.3, -0.25) is 0 Å². The van der Waals surface area contributed by atoms with Gasteiger partial charge in [-0.05, 0) is 25.3 Å². The molecule has 0 aromatic carbocycles. The lowest BCUT2D eigenvalue weighted by Gasteiger charge is -2.13. The lowest BCUT2D eigenvalue weighted by Crippen LogP contribution is -2.12. The molecule has 17 heavy (non-hydrogen) atoms. The van der Waals surface area contributed by atoms with Crippen molar-refractivity contribution in [2.24, 2.45) is 5.84 Å². The number of nitrogens with two attached hydrogens (primary N) is 1. The lowest BCUT2D eigenvalue weighted by atomic mass is 10.3. The number of nitrogen functional groups attached to an aromatic ring is 1. The molecular weight excluding hydrogens is 234 g/mol. The predicted octanol–water partition coefficient (Wildman–Crippen LogP) is 2.31. The number of thiophene rings is 1. The third kappa shape index (κ3) is 2.92. The number of anilines is 2. The van der Waals surface area contributed by atoms with Crippen molar-refractivity contribution >= 4 is 23.0 Å². The first-order chi connectivity index (χ1) is 8.19. The molecule has 0 bridgehead atoms. The molecule has 0 saturated carbocycles. The smallest absolute Gasteiger partial charge is 0.145 e. The van der Waals surface area contributed by atoms with Gasteiger partial charge in [-0.1, -0.05) is 6.07 Å². The van der Waals surface area contributed by atoms with Crippen molar-refractivity contribution in [3.8, 4) is 0 Å². The van der Waals surface area contributed by atoms with Crippen LogP contribution in [0.2, 0.25) is 0 Å². The zero-order valence-electron chi connectivity index (χ0n) is 9.77. The Kier molecular flexibility index (Phi) is 3.55. The summed E-state index contributed by atoms with van der Waals surface area (Å²) in [5, 5.41) is 5.38. The Morgan fingerprint density at radius 2 is 2.12 bits per heavy atom. The molecule has 0 amide bonds. The van der Waals surface area contributed by atoms with Gasteiger partial charge in [0.05, 0.1) is 6.04 Å². The Balaban J connectivity index is 2.15. The van der Waals surface area contributed by atoms with Crippen LogP contribution in [0.25, 0.3) is 0 Å². The Bertz CT molecular complexity index is 483. The quantitative estimate of drug-likeness (QED) is 0.572. The number of aromatic nitrogens is 2. The van der Waals surface area contributed by atoms with Gasteiger partial charge in [0, 0.05) is 10.9 Å². The minimum absolute atomic E-state index is 0.218. The molecule has 4 N–H and O–H groups in total. The van der Waals surface area contributed by atoms with Crippen LogP contribution >= 0.6 is 11.3 Å². The van der Waals surface area contributed by atoms with Crippen LogP contribution in [0.4, 0.5) is 11.6 Å². The molecule has 1 atom stereocenters. The molecule has 2 rings (SSSR count). The van der Waals surface area contributed by atoms with Crippen LogP contribution in [-0.4, -0.2) is 9.97 Å². The first kappa shape index (κ1) is 11.8. The highest BCUT2D eigenvalue weighted by atomic mass is 32.1. The van der Waals surface area contributed by atoms with Gasteiger partial charge in [-0.15, -0.1) is 11.3 Å². The van der Waals surface area contributed by atoms with E-state index in [9.17, 15) is 0 Å². The van der Waals surface area contributed by atoms with Gasteiger partial charge in [0.2, 0.25) is 0 Å². The summed E-state index contributed by atoms with van der Waals surface area (Å²) < 4.78 is 0. The van der Waals surface area contributed by atoms with E-state index >= 15 is 0 Å². The van der Waals surface area contributed by atoms with Crippen molar-refractivity contribution < 1.29 is 0 Å². The van der Waals surface area contributed by atoms with Crippen LogP contribution < -0.4 is 16.6 Å². The normalized spacial score (nSPS) is 12.2. The number of hydrogen-bond donors (Lipinski definition) is 3. The van der Waals surface area contributed by atoms with E-state index < -0.39 is 0 Å². The van der Waals surface area contributed by atoms with Gasteiger partial charge >= 0.3 is 0 Å². The minimum atomic E-state index is 0.218. The molecule has 0 aliphatic rings. The molecule has 0 fully saturated rings. The molecule has 5 nitrogen and oxygen atoms in total. The summed E-state index contributed by atoms with van der Waals surface area (Å²) >= 11 is 1.72. The molecule has 2 heterocycles. The van der Waals surface area contributed by atoms with Crippen LogP contribution in [-0.2, 0) is 0 Å². The zero-order valence-corrected chi connectivity index (χ0v) is 10.6. The first-order valence-electron chi connectivity index (χ1n) is 5.31. The van der Waals surface area contributed by atoms with E-state index in [2.05, 4.69) is 39.1 Å². The fourth-order valence-electron chi connectivity index (χ4n) is 1.55. The average molecular weight is 249 g/mol. The second-order valence-electron chi connectivity index (χ2n) is 3.71. The maximum absolute atomic E-state index is 5.35. The van der Waals surface area contributed by atoms with Gasteiger partial charge in [0.25, 0.3) is 0 Å². The van der Waals surface area contributed by atoms with Crippen molar-refractivity contribution in [1.82, 2.24) is 9.97 Å². The Hall–Kier alpha value is -1.66. The van der Waals surface area contributed by atoms with Gasteiger partial charge in [0.1, 0.15) is 17.5 Å². The van der Waals surface area contributed by atoms with E-state index in [1.807, 2.05) is 13.0 Å². The van der Waals surface area contributed by atoms with Crippen molar-refractivity contribution in [2.45, 2.75) is 19.9 Å². The lowest BCUT2D eigenvalue weighted by molar-refractivity contribution is 0.887. The first-order valence-corrected chi connectivity index (χ1v) is 6.19. The van der Waals surface area contributed by atoms with Crippen LogP contribution in [0.5, 0.6) is 0 Å². The molecule has 0 aliphatic carbocycles. The second-order valence-corrected chi connectivity index (χ2v) is 4.69. The van der Waals surface area contributed by atoms with E-state index in [0.717, 1.165) is 5.82 Å². The molecule has 0 aliphatic heterocycles. The molecule has 90 valence electrons. The van der Waals surface area contributed by atoms with E-state index in [-0.39, 0.29) is 6.04 Å². The summed E-state index contributed by atoms with van der Waals surface area (Å²) in [7, 11) is 0. The molecule has 0 spiro atoms. The Morgan fingerprint density at radius 3 is 2.76 bits per heavy atom. The van der Waals surface area contributed by atoms with E-state index in [0.29, 0.717) is 11.6 Å². The molecule has 0 saturated heterocycles. The summed E-state index contributed by atoms with van der Waals surface area (Å²) in [5.74, 6) is 7.41. The SMILES string of the molecule is Cc1nc(NN)cc(NC(C)c2cccs2)n1. The summed E-state index contributed by atoms with van der Waals surface area (Å²) in [4.78, 5) is 9.72. The number of nitrogens with zero attached hydrogens (tertiary/aromatic N) is 2. The fraction of sp³-hybridized carbons (Fsp3) is 0.273. The molecule has 2 aromatic heterocycles. The number of hydrazine groups is 1. The van der Waals surface area contributed by atoms with Crippen molar-refractivity contribution in [1.29, 1.82) is 0 Å². The molecule has 6 heteroatoms. The topological polar surface area (TPSA) is 75.9 Å². The van der Waals surface area contributed by atoms with E-state index in [4.69, 9.17) is 5.84 Å². The highest BCUT2D eigenvalue weighted by Crippen LogP contribution is 2.22. The largest absolute Gasteiger partial charge is 0.363 e. The standard InChI is InChI=1S/C11H15N5S/c1-7(9-4-3-5-17-9)13-10-6-11(16-12)15-8(2)14-10/h3-7H,12H2,1-2H3,(H2,13,14,15,16). The monoisotopic (exact) mass is 249 g/mol. The predicted molar refractivity (Wildman–Crippen MR) is 70.9 cm³/mol. The third-order valence-corrected chi connectivity index (χ3v) is 3.38. The van der Waals surface area contributed by atoms with Crippen LogP contribution in [0.15, 0.2) is 23.6 Å². The van der Waals surface area contributed by atoms with Gasteiger partial charge in [-0.2, -0.15) is 0 Å². The zero-order chi connectivity index (χ0) is 12.3. The van der Waals surface area contributed by atoms with Gasteiger partial charge in [0.15, 0.2) is 0 Å². The third-order valence-electron chi connectivity index (χ3n) is 2.32. The fourth-order valence-corrected chi connectivity index (χ4v) is 2.28. The molecule has 1 unspecified atom stereocenters. The second kappa shape index (κ2) is 5.11. The summed E-state index contributed by atoms with van der Waals surface area (Å²) in [6, 6.07) is 6.14. The minimum Gasteiger partial charge on any atom is -0.363 e.